The molecule has 2 amide bonds. The van der Waals surface area contributed by atoms with Gasteiger partial charge in [-0.2, -0.15) is 0 Å². The van der Waals surface area contributed by atoms with Crippen molar-refractivity contribution in [3.05, 3.63) is 53.6 Å². The third kappa shape index (κ3) is 3.44. The fourth-order valence-corrected chi connectivity index (χ4v) is 2.99. The first-order valence-corrected chi connectivity index (χ1v) is 8.43. The van der Waals surface area contributed by atoms with Crippen molar-refractivity contribution in [2.75, 3.05) is 29.5 Å². The highest BCUT2D eigenvalue weighted by Gasteiger charge is 2.29. The van der Waals surface area contributed by atoms with Crippen LogP contribution >= 0.6 is 0 Å². The van der Waals surface area contributed by atoms with Gasteiger partial charge < -0.3 is 9.64 Å². The highest BCUT2D eigenvalue weighted by Crippen LogP contribution is 2.32. The Morgan fingerprint density at radius 2 is 2.08 bits per heavy atom. The average Bonchev–Trinajstić information content (AvgIpc) is 2.64. The third-order valence-electron chi connectivity index (χ3n) is 4.29. The van der Waals surface area contributed by atoms with E-state index in [0.717, 1.165) is 11.3 Å². The molecule has 6 nitrogen and oxygen atoms in total. The molecule has 0 fully saturated rings. The number of hydrogen-bond donors (Lipinski definition) is 0. The molecule has 1 heterocycles. The SMILES string of the molecule is CCN(C(=O)CN1C(=O)COc2ccc(C=O)cc21)c1cccc(C)c1. The molecule has 0 radical (unpaired) electrons. The van der Waals surface area contributed by atoms with Gasteiger partial charge in [-0.05, 0) is 49.7 Å². The second kappa shape index (κ2) is 7.39. The third-order valence-corrected chi connectivity index (χ3v) is 4.29. The maximum absolute atomic E-state index is 12.9. The molecule has 3 rings (SSSR count). The van der Waals surface area contributed by atoms with Crippen molar-refractivity contribution >= 4 is 29.5 Å². The maximum Gasteiger partial charge on any atom is 0.265 e. The number of hydrogen-bond acceptors (Lipinski definition) is 4. The molecule has 0 unspecified atom stereocenters. The van der Waals surface area contributed by atoms with E-state index in [4.69, 9.17) is 4.74 Å². The molecular weight excluding hydrogens is 332 g/mol. The van der Waals surface area contributed by atoms with E-state index >= 15 is 0 Å². The van der Waals surface area contributed by atoms with Gasteiger partial charge in [-0.25, -0.2) is 0 Å². The topological polar surface area (TPSA) is 66.9 Å². The predicted octanol–water partition coefficient (Wildman–Crippen LogP) is 2.59. The number of benzene rings is 2. The molecular formula is C20H20N2O4. The van der Waals surface area contributed by atoms with Gasteiger partial charge in [0.1, 0.15) is 18.6 Å². The minimum Gasteiger partial charge on any atom is -0.482 e. The zero-order chi connectivity index (χ0) is 18.7. The van der Waals surface area contributed by atoms with E-state index in [0.29, 0.717) is 29.8 Å². The number of likely N-dealkylation sites (N-methyl/N-ethyl adjacent to an activating group) is 1. The summed E-state index contributed by atoms with van der Waals surface area (Å²) in [6.07, 6.45) is 0.699. The number of aryl methyl sites for hydroxylation is 1. The van der Waals surface area contributed by atoms with Crippen LogP contribution in [0, 0.1) is 6.92 Å². The Kier molecular flexibility index (Phi) is 5.02. The summed E-state index contributed by atoms with van der Waals surface area (Å²) >= 11 is 0. The van der Waals surface area contributed by atoms with Crippen LogP contribution in [0.15, 0.2) is 42.5 Å². The number of carbonyl (C=O) groups is 3. The first-order chi connectivity index (χ1) is 12.5. The number of amides is 2. The summed E-state index contributed by atoms with van der Waals surface area (Å²) in [5.41, 5.74) is 2.71. The molecule has 0 aliphatic carbocycles. The summed E-state index contributed by atoms with van der Waals surface area (Å²) < 4.78 is 5.40. The molecule has 2 aromatic carbocycles. The van der Waals surface area contributed by atoms with Crippen LogP contribution in [-0.2, 0) is 9.59 Å². The Labute approximate surface area is 152 Å². The van der Waals surface area contributed by atoms with E-state index in [2.05, 4.69) is 0 Å². The van der Waals surface area contributed by atoms with Crippen LogP contribution in [0.2, 0.25) is 0 Å². The molecule has 0 spiro atoms. The molecule has 0 saturated carbocycles. The summed E-state index contributed by atoms with van der Waals surface area (Å²) in [6.45, 7) is 4.10. The molecule has 1 aliphatic rings. The van der Waals surface area contributed by atoms with E-state index in [1.165, 1.54) is 4.90 Å². The normalized spacial score (nSPS) is 13.0. The summed E-state index contributed by atoms with van der Waals surface area (Å²) in [5.74, 6) is -0.0217. The van der Waals surface area contributed by atoms with E-state index in [1.54, 1.807) is 23.1 Å². The fraction of sp³-hybridized carbons (Fsp3) is 0.250. The molecule has 6 heteroatoms. The highest BCUT2D eigenvalue weighted by atomic mass is 16.5. The standard InChI is InChI=1S/C20H20N2O4/c1-3-21(16-6-4-5-14(2)9-16)19(24)11-22-17-10-15(12-23)7-8-18(17)26-13-20(22)25/h4-10,12H,3,11,13H2,1-2H3. The van der Waals surface area contributed by atoms with Crippen molar-refractivity contribution in [2.24, 2.45) is 0 Å². The zero-order valence-corrected chi connectivity index (χ0v) is 14.8. The summed E-state index contributed by atoms with van der Waals surface area (Å²) in [6, 6.07) is 12.5. The van der Waals surface area contributed by atoms with Gasteiger partial charge in [-0.15, -0.1) is 0 Å². The Morgan fingerprint density at radius 1 is 1.27 bits per heavy atom. The van der Waals surface area contributed by atoms with Gasteiger partial charge >= 0.3 is 0 Å². The van der Waals surface area contributed by atoms with Crippen LogP contribution in [-0.4, -0.2) is 37.8 Å². The molecule has 0 aromatic heterocycles. The van der Waals surface area contributed by atoms with Gasteiger partial charge in [0.05, 0.1) is 5.69 Å². The smallest absolute Gasteiger partial charge is 0.265 e. The second-order valence-electron chi connectivity index (χ2n) is 6.09. The molecule has 0 atom stereocenters. The number of carbonyl (C=O) groups excluding carboxylic acids is 3. The number of rotatable bonds is 5. The first-order valence-electron chi connectivity index (χ1n) is 8.43. The highest BCUT2D eigenvalue weighted by molar-refractivity contribution is 6.06. The van der Waals surface area contributed by atoms with Crippen LogP contribution in [0.4, 0.5) is 11.4 Å². The largest absolute Gasteiger partial charge is 0.482 e. The molecule has 134 valence electrons. The van der Waals surface area contributed by atoms with Gasteiger partial charge in [0, 0.05) is 17.8 Å². The second-order valence-corrected chi connectivity index (χ2v) is 6.09. The van der Waals surface area contributed by atoms with Crippen LogP contribution in [0.1, 0.15) is 22.8 Å². The van der Waals surface area contributed by atoms with Crippen molar-refractivity contribution in [1.29, 1.82) is 0 Å². The van der Waals surface area contributed by atoms with Gasteiger partial charge in [0.25, 0.3) is 5.91 Å². The summed E-state index contributed by atoms with van der Waals surface area (Å²) in [4.78, 5) is 39.3. The summed E-state index contributed by atoms with van der Waals surface area (Å²) in [5, 5.41) is 0. The first kappa shape index (κ1) is 17.7. The minimum atomic E-state index is -0.311. The van der Waals surface area contributed by atoms with Crippen LogP contribution in [0.25, 0.3) is 0 Å². The molecule has 0 N–H and O–H groups in total. The maximum atomic E-state index is 12.9. The Balaban J connectivity index is 1.89. The van der Waals surface area contributed by atoms with Crippen LogP contribution < -0.4 is 14.5 Å². The van der Waals surface area contributed by atoms with E-state index in [1.807, 2.05) is 38.1 Å². The minimum absolute atomic E-state index is 0.112. The lowest BCUT2D eigenvalue weighted by Crippen LogP contribution is -2.46. The molecule has 0 bridgehead atoms. The molecule has 0 saturated heterocycles. The lowest BCUT2D eigenvalue weighted by Gasteiger charge is -2.31. The average molecular weight is 352 g/mol. The lowest BCUT2D eigenvalue weighted by molar-refractivity contribution is -0.124. The fourth-order valence-electron chi connectivity index (χ4n) is 2.99. The number of fused-ring (bicyclic) bond motifs is 1. The Hall–Kier alpha value is -3.15. The monoisotopic (exact) mass is 352 g/mol. The van der Waals surface area contributed by atoms with Gasteiger partial charge in [0.2, 0.25) is 5.91 Å². The Bertz CT molecular complexity index is 863. The lowest BCUT2D eigenvalue weighted by atomic mass is 10.1. The van der Waals surface area contributed by atoms with Crippen LogP contribution in [0.5, 0.6) is 5.75 Å². The number of ether oxygens (including phenoxy) is 1. The van der Waals surface area contributed by atoms with Crippen molar-refractivity contribution < 1.29 is 19.1 Å². The number of aldehydes is 1. The molecule has 1 aliphatic heterocycles. The predicted molar refractivity (Wildman–Crippen MR) is 98.9 cm³/mol. The van der Waals surface area contributed by atoms with Crippen LogP contribution in [0.3, 0.4) is 0 Å². The van der Waals surface area contributed by atoms with Crippen molar-refractivity contribution in [3.63, 3.8) is 0 Å². The van der Waals surface area contributed by atoms with E-state index < -0.39 is 0 Å². The van der Waals surface area contributed by atoms with Gasteiger partial charge in [-0.1, -0.05) is 12.1 Å². The number of nitrogens with zero attached hydrogens (tertiary/aromatic N) is 2. The van der Waals surface area contributed by atoms with Crippen molar-refractivity contribution in [3.8, 4) is 5.75 Å². The van der Waals surface area contributed by atoms with E-state index in [9.17, 15) is 14.4 Å². The van der Waals surface area contributed by atoms with Gasteiger partial charge in [0.15, 0.2) is 6.61 Å². The number of anilines is 2. The summed E-state index contributed by atoms with van der Waals surface area (Å²) in [7, 11) is 0. The van der Waals surface area contributed by atoms with E-state index in [-0.39, 0.29) is 25.0 Å². The van der Waals surface area contributed by atoms with Crippen molar-refractivity contribution in [2.45, 2.75) is 13.8 Å². The quantitative estimate of drug-likeness (QED) is 0.776. The Morgan fingerprint density at radius 3 is 2.77 bits per heavy atom. The van der Waals surface area contributed by atoms with Gasteiger partial charge in [-0.3, -0.25) is 19.3 Å². The van der Waals surface area contributed by atoms with Crippen molar-refractivity contribution in [1.82, 2.24) is 0 Å². The molecule has 2 aromatic rings. The zero-order valence-electron chi connectivity index (χ0n) is 14.8. The molecule has 26 heavy (non-hydrogen) atoms.